The molecule has 16 heavy (non-hydrogen) atoms. The van der Waals surface area contributed by atoms with E-state index >= 15 is 0 Å². The van der Waals surface area contributed by atoms with Gasteiger partial charge in [-0.2, -0.15) is 0 Å². The van der Waals surface area contributed by atoms with E-state index in [4.69, 9.17) is 4.74 Å². The lowest BCUT2D eigenvalue weighted by atomic mass is 9.77. The number of hydrogen-bond donors (Lipinski definition) is 1. The van der Waals surface area contributed by atoms with Crippen LogP contribution in [-0.4, -0.2) is 50.8 Å². The van der Waals surface area contributed by atoms with Crippen LogP contribution in [0.2, 0.25) is 0 Å². The summed E-state index contributed by atoms with van der Waals surface area (Å²) in [6.07, 6.45) is 5.12. The minimum Gasteiger partial charge on any atom is -0.381 e. The zero-order chi connectivity index (χ0) is 11.4. The third-order valence-corrected chi connectivity index (χ3v) is 4.54. The molecule has 3 nitrogen and oxygen atoms in total. The molecule has 3 heteroatoms. The number of ether oxygens (including phenoxy) is 1. The van der Waals surface area contributed by atoms with Crippen LogP contribution in [0.3, 0.4) is 0 Å². The summed E-state index contributed by atoms with van der Waals surface area (Å²) < 4.78 is 5.50. The van der Waals surface area contributed by atoms with Crippen LogP contribution in [0, 0.1) is 5.41 Å². The third kappa shape index (κ3) is 2.76. The summed E-state index contributed by atoms with van der Waals surface area (Å²) >= 11 is 0. The van der Waals surface area contributed by atoms with Crippen LogP contribution in [-0.2, 0) is 4.74 Å². The summed E-state index contributed by atoms with van der Waals surface area (Å²) in [5.74, 6) is 0. The molecule has 0 amide bonds. The van der Waals surface area contributed by atoms with Crippen molar-refractivity contribution in [1.29, 1.82) is 0 Å². The minimum absolute atomic E-state index is 0.543. The van der Waals surface area contributed by atoms with Crippen molar-refractivity contribution in [3.05, 3.63) is 0 Å². The summed E-state index contributed by atoms with van der Waals surface area (Å²) in [6.45, 7) is 8.07. The van der Waals surface area contributed by atoms with E-state index in [1.54, 1.807) is 0 Å². The fraction of sp³-hybridized carbons (Fsp3) is 1.00. The van der Waals surface area contributed by atoms with Crippen LogP contribution in [0.4, 0.5) is 0 Å². The van der Waals surface area contributed by atoms with Crippen molar-refractivity contribution in [1.82, 2.24) is 10.2 Å². The summed E-state index contributed by atoms with van der Waals surface area (Å²) in [6, 6.07) is 0.716. The quantitative estimate of drug-likeness (QED) is 0.786. The first-order valence-electron chi connectivity index (χ1n) is 6.75. The molecule has 2 fully saturated rings. The lowest BCUT2D eigenvalue weighted by molar-refractivity contribution is -0.00370. The molecule has 0 radical (unpaired) electrons. The molecule has 0 aliphatic carbocycles. The Balaban J connectivity index is 1.86. The molecule has 0 spiro atoms. The van der Waals surface area contributed by atoms with Gasteiger partial charge >= 0.3 is 0 Å². The molecule has 2 saturated heterocycles. The van der Waals surface area contributed by atoms with Crippen LogP contribution in [0.5, 0.6) is 0 Å². The molecule has 0 aromatic heterocycles. The van der Waals surface area contributed by atoms with Gasteiger partial charge in [-0.3, -0.25) is 0 Å². The predicted octanol–water partition coefficient (Wildman–Crippen LogP) is 1.49. The highest BCUT2D eigenvalue weighted by Crippen LogP contribution is 2.35. The van der Waals surface area contributed by atoms with Gasteiger partial charge in [0, 0.05) is 32.3 Å². The molecule has 2 heterocycles. The monoisotopic (exact) mass is 226 g/mol. The minimum atomic E-state index is 0.543. The van der Waals surface area contributed by atoms with Gasteiger partial charge in [-0.25, -0.2) is 0 Å². The van der Waals surface area contributed by atoms with Crippen LogP contribution in [0.25, 0.3) is 0 Å². The maximum atomic E-state index is 5.50. The highest BCUT2D eigenvalue weighted by Gasteiger charge is 2.34. The van der Waals surface area contributed by atoms with E-state index < -0.39 is 0 Å². The molecular formula is C13H26N2O. The van der Waals surface area contributed by atoms with E-state index in [0.717, 1.165) is 13.2 Å². The Labute approximate surface area is 99.5 Å². The van der Waals surface area contributed by atoms with Crippen LogP contribution < -0.4 is 5.32 Å². The Kier molecular flexibility index (Phi) is 4.22. The summed E-state index contributed by atoms with van der Waals surface area (Å²) in [4.78, 5) is 2.65. The summed E-state index contributed by atoms with van der Waals surface area (Å²) in [7, 11) is 2.08. The number of nitrogens with zero attached hydrogens (tertiary/aromatic N) is 1. The van der Waals surface area contributed by atoms with Gasteiger partial charge in [0.25, 0.3) is 0 Å². The number of rotatable bonds is 4. The first kappa shape index (κ1) is 12.3. The maximum Gasteiger partial charge on any atom is 0.0471 e. The third-order valence-electron chi connectivity index (χ3n) is 4.54. The van der Waals surface area contributed by atoms with Crippen molar-refractivity contribution in [3.8, 4) is 0 Å². The second-order valence-corrected chi connectivity index (χ2v) is 5.48. The first-order valence-corrected chi connectivity index (χ1v) is 6.75. The van der Waals surface area contributed by atoms with Crippen molar-refractivity contribution in [2.75, 3.05) is 39.9 Å². The zero-order valence-electron chi connectivity index (χ0n) is 10.8. The van der Waals surface area contributed by atoms with Gasteiger partial charge in [0.2, 0.25) is 0 Å². The van der Waals surface area contributed by atoms with Gasteiger partial charge in [-0.15, -0.1) is 0 Å². The standard InChI is InChI=1S/C13H26N2O/c1-3-13(5-8-16-9-6-13)11-15-7-4-12(10-15)14-2/h12,14H,3-11H2,1-2H3. The molecule has 1 atom stereocenters. The van der Waals surface area contributed by atoms with E-state index in [2.05, 4.69) is 24.2 Å². The van der Waals surface area contributed by atoms with E-state index in [0.29, 0.717) is 11.5 Å². The van der Waals surface area contributed by atoms with E-state index in [9.17, 15) is 0 Å². The molecular weight excluding hydrogens is 200 g/mol. The van der Waals surface area contributed by atoms with Gasteiger partial charge in [-0.1, -0.05) is 6.92 Å². The molecule has 0 saturated carbocycles. The SMILES string of the molecule is CCC1(CN2CCC(NC)C2)CCOCC1. The Hall–Kier alpha value is -0.120. The Morgan fingerprint density at radius 1 is 1.38 bits per heavy atom. The Morgan fingerprint density at radius 2 is 2.12 bits per heavy atom. The molecule has 2 rings (SSSR count). The number of hydrogen-bond acceptors (Lipinski definition) is 3. The topological polar surface area (TPSA) is 24.5 Å². The highest BCUT2D eigenvalue weighted by molar-refractivity contribution is 4.88. The van der Waals surface area contributed by atoms with Gasteiger partial charge in [0.15, 0.2) is 0 Å². The van der Waals surface area contributed by atoms with Crippen LogP contribution in [0.1, 0.15) is 32.6 Å². The molecule has 2 aliphatic heterocycles. The fourth-order valence-electron chi connectivity index (χ4n) is 3.11. The second kappa shape index (κ2) is 5.48. The maximum absolute atomic E-state index is 5.50. The molecule has 0 aromatic rings. The summed E-state index contributed by atoms with van der Waals surface area (Å²) in [5, 5.41) is 3.40. The second-order valence-electron chi connectivity index (χ2n) is 5.48. The van der Waals surface area contributed by atoms with E-state index in [1.807, 2.05) is 0 Å². The van der Waals surface area contributed by atoms with Gasteiger partial charge in [0.05, 0.1) is 0 Å². The Morgan fingerprint density at radius 3 is 2.69 bits per heavy atom. The van der Waals surface area contributed by atoms with Crippen LogP contribution >= 0.6 is 0 Å². The lowest BCUT2D eigenvalue weighted by Crippen LogP contribution is -2.41. The number of likely N-dealkylation sites (N-methyl/N-ethyl adjacent to an activating group) is 1. The zero-order valence-corrected chi connectivity index (χ0v) is 10.8. The summed E-state index contributed by atoms with van der Waals surface area (Å²) in [5.41, 5.74) is 0.543. The van der Waals surface area contributed by atoms with Gasteiger partial charge < -0.3 is 15.0 Å². The van der Waals surface area contributed by atoms with E-state index in [1.165, 1.54) is 45.3 Å². The Bertz CT molecular complexity index is 214. The molecule has 0 aromatic carbocycles. The smallest absolute Gasteiger partial charge is 0.0471 e. The van der Waals surface area contributed by atoms with E-state index in [-0.39, 0.29) is 0 Å². The highest BCUT2D eigenvalue weighted by atomic mass is 16.5. The average Bonchev–Trinajstić information content (AvgIpc) is 2.78. The van der Waals surface area contributed by atoms with Crippen LogP contribution in [0.15, 0.2) is 0 Å². The van der Waals surface area contributed by atoms with Crippen molar-refractivity contribution in [2.45, 2.75) is 38.6 Å². The molecule has 0 bridgehead atoms. The van der Waals surface area contributed by atoms with Gasteiger partial charge in [0.1, 0.15) is 0 Å². The lowest BCUT2D eigenvalue weighted by Gasteiger charge is -2.39. The number of likely N-dealkylation sites (tertiary alicyclic amines) is 1. The molecule has 1 N–H and O–H groups in total. The normalized spacial score (nSPS) is 30.8. The predicted molar refractivity (Wildman–Crippen MR) is 66.7 cm³/mol. The van der Waals surface area contributed by atoms with Crippen molar-refractivity contribution in [2.24, 2.45) is 5.41 Å². The number of nitrogens with one attached hydrogen (secondary N) is 1. The van der Waals surface area contributed by atoms with Crippen molar-refractivity contribution >= 4 is 0 Å². The van der Waals surface area contributed by atoms with Crippen molar-refractivity contribution < 1.29 is 4.74 Å². The average molecular weight is 226 g/mol. The van der Waals surface area contributed by atoms with Gasteiger partial charge in [-0.05, 0) is 44.7 Å². The fourth-order valence-corrected chi connectivity index (χ4v) is 3.11. The van der Waals surface area contributed by atoms with Crippen molar-refractivity contribution in [3.63, 3.8) is 0 Å². The largest absolute Gasteiger partial charge is 0.381 e. The molecule has 94 valence electrons. The molecule has 1 unspecified atom stereocenters. The molecule has 2 aliphatic rings. The first-order chi connectivity index (χ1) is 7.78.